The summed E-state index contributed by atoms with van der Waals surface area (Å²) in [7, 11) is -1.61. The van der Waals surface area contributed by atoms with Gasteiger partial charge in [0.05, 0.1) is 38.2 Å². The van der Waals surface area contributed by atoms with E-state index in [-0.39, 0.29) is 64.1 Å². The van der Waals surface area contributed by atoms with E-state index in [1.807, 2.05) is 4.72 Å². The van der Waals surface area contributed by atoms with Crippen LogP contribution in [0.4, 0.5) is 26.5 Å². The molecule has 0 saturated heterocycles. The molecule has 274 valence electrons. The minimum Gasteiger partial charge on any atom is -0.481 e. The number of fused-ring (bicyclic) bond motifs is 2. The Morgan fingerprint density at radius 3 is 2.30 bits per heavy atom. The molecule has 1 aliphatic carbocycles. The summed E-state index contributed by atoms with van der Waals surface area (Å²) < 4.78 is 58.0. The minimum atomic E-state index is -4.34. The molecule has 0 atom stereocenters. The summed E-state index contributed by atoms with van der Waals surface area (Å²) in [5, 5.41) is 1.54. The van der Waals surface area contributed by atoms with Crippen molar-refractivity contribution in [1.82, 2.24) is 24.1 Å². The zero-order valence-electron chi connectivity index (χ0n) is 27.9. The smallest absolute Gasteiger partial charge is 0.335 e. The lowest BCUT2D eigenvalue weighted by molar-refractivity contribution is -0.121. The van der Waals surface area contributed by atoms with Crippen LogP contribution in [0.2, 0.25) is 5.15 Å². The highest BCUT2D eigenvalue weighted by Gasteiger charge is 2.41. The molecule has 2 N–H and O–H groups in total. The number of terminal acetylenes is 1. The number of imidazole rings is 1. The molecule has 0 spiro atoms. The highest BCUT2D eigenvalue weighted by atomic mass is 35.5. The monoisotopic (exact) mass is 766 g/mol. The van der Waals surface area contributed by atoms with Gasteiger partial charge in [0.1, 0.15) is 11.4 Å². The largest absolute Gasteiger partial charge is 0.481 e. The summed E-state index contributed by atoms with van der Waals surface area (Å²) in [5.41, 5.74) is 1.30. The lowest BCUT2D eigenvalue weighted by Crippen LogP contribution is -2.39. The number of anilines is 3. The Labute approximate surface area is 305 Å². The zero-order valence-corrected chi connectivity index (χ0v) is 29.5. The van der Waals surface area contributed by atoms with Gasteiger partial charge >= 0.3 is 6.03 Å². The lowest BCUT2D eigenvalue weighted by Gasteiger charge is -2.29. The van der Waals surface area contributed by atoms with Gasteiger partial charge in [-0.15, -0.1) is 6.42 Å². The van der Waals surface area contributed by atoms with Crippen molar-refractivity contribution < 1.29 is 46.2 Å². The average Bonchev–Trinajstić information content (AvgIpc) is 3.61. The van der Waals surface area contributed by atoms with Gasteiger partial charge in [-0.05, 0) is 43.9 Å². The Morgan fingerprint density at radius 1 is 1.02 bits per heavy atom. The molecule has 3 aromatic heterocycles. The van der Waals surface area contributed by atoms with E-state index in [0.717, 1.165) is 23.8 Å². The van der Waals surface area contributed by atoms with Crippen LogP contribution in [0.3, 0.4) is 0 Å². The van der Waals surface area contributed by atoms with Crippen LogP contribution >= 0.6 is 11.6 Å². The number of aromatic nitrogens is 4. The highest BCUT2D eigenvalue weighted by molar-refractivity contribution is 7.90. The van der Waals surface area contributed by atoms with Crippen LogP contribution in [0.25, 0.3) is 5.65 Å². The summed E-state index contributed by atoms with van der Waals surface area (Å²) in [6, 6.07) is 7.49. The van der Waals surface area contributed by atoms with E-state index in [1.54, 1.807) is 18.2 Å². The first-order valence-corrected chi connectivity index (χ1v) is 17.5. The van der Waals surface area contributed by atoms with E-state index in [1.165, 1.54) is 41.8 Å². The number of amides is 5. The molecule has 0 bridgehead atoms. The predicted molar refractivity (Wildman–Crippen MR) is 186 cm³/mol. The SMILES string of the molecule is C#CCN1C(=O)COc2cc(F)c(N3C(=O)C4=C(CCCC4)C3=O)cc21.COc1cc(OC)nc(NC(=O)NS(=O)(=O)c2c(Cl)nc3ccccn23)n1. The number of urea groups is 1. The molecule has 53 heavy (non-hydrogen) atoms. The van der Waals surface area contributed by atoms with Crippen molar-refractivity contribution in [3.05, 3.63) is 64.7 Å². The maximum absolute atomic E-state index is 14.7. The Bertz CT molecular complexity index is 2330. The third-order valence-electron chi connectivity index (χ3n) is 8.10. The number of sulfonamides is 1. The van der Waals surface area contributed by atoms with Crippen molar-refractivity contribution in [2.75, 3.05) is 42.5 Å². The molecule has 5 amide bonds. The number of hydrogen-bond donors (Lipinski definition) is 2. The molecule has 0 saturated carbocycles. The van der Waals surface area contributed by atoms with E-state index in [9.17, 15) is 32.0 Å². The molecule has 2 aliphatic heterocycles. The number of nitrogens with zero attached hydrogens (tertiary/aromatic N) is 6. The average molecular weight is 767 g/mol. The summed E-state index contributed by atoms with van der Waals surface area (Å²) in [6.45, 7) is -0.262. The first kappa shape index (κ1) is 36.5. The van der Waals surface area contributed by atoms with E-state index in [2.05, 4.69) is 26.2 Å². The molecule has 5 heterocycles. The normalized spacial score (nSPS) is 15.2. The van der Waals surface area contributed by atoms with Crippen molar-refractivity contribution in [2.45, 2.75) is 30.7 Å². The third-order valence-corrected chi connectivity index (χ3v) is 9.83. The molecular formula is C33H28ClFN8O9S. The first-order valence-electron chi connectivity index (χ1n) is 15.6. The van der Waals surface area contributed by atoms with Crippen LogP contribution in [0, 0.1) is 18.2 Å². The molecule has 20 heteroatoms. The van der Waals surface area contributed by atoms with Gasteiger partial charge in [0.15, 0.2) is 22.6 Å². The van der Waals surface area contributed by atoms with E-state index in [0.29, 0.717) is 29.6 Å². The van der Waals surface area contributed by atoms with Crippen LogP contribution in [-0.4, -0.2) is 78.9 Å². The number of carbonyl (C=O) groups excluding carboxylic acids is 4. The molecule has 0 radical (unpaired) electrons. The van der Waals surface area contributed by atoms with Gasteiger partial charge in [-0.2, -0.15) is 18.4 Å². The fraction of sp³-hybridized carbons (Fsp3) is 0.242. The fourth-order valence-corrected chi connectivity index (χ4v) is 7.31. The molecule has 0 unspecified atom stereocenters. The van der Waals surface area contributed by atoms with Crippen LogP contribution in [0.5, 0.6) is 17.5 Å². The minimum absolute atomic E-state index is 0.0170. The van der Waals surface area contributed by atoms with Crippen molar-refractivity contribution in [2.24, 2.45) is 0 Å². The Hall–Kier alpha value is -6.26. The van der Waals surface area contributed by atoms with Crippen LogP contribution < -0.4 is 34.0 Å². The summed E-state index contributed by atoms with van der Waals surface area (Å²) in [6.07, 6.45) is 9.47. The van der Waals surface area contributed by atoms with Crippen LogP contribution in [0.15, 0.2) is 58.8 Å². The van der Waals surface area contributed by atoms with Crippen LogP contribution in [-0.2, 0) is 24.4 Å². The topological polar surface area (TPSA) is 204 Å². The number of ether oxygens (including phenoxy) is 3. The molecule has 4 aromatic rings. The van der Waals surface area contributed by atoms with E-state index in [4.69, 9.17) is 32.2 Å². The maximum atomic E-state index is 14.7. The van der Waals surface area contributed by atoms with Gasteiger partial charge in [0.2, 0.25) is 17.7 Å². The second-order valence-corrected chi connectivity index (χ2v) is 13.3. The van der Waals surface area contributed by atoms with Crippen LogP contribution in [0.1, 0.15) is 25.7 Å². The number of imide groups is 1. The third kappa shape index (κ3) is 7.14. The Balaban J connectivity index is 0.000000181. The van der Waals surface area contributed by atoms with Crippen molar-refractivity contribution >= 4 is 68.3 Å². The number of pyridine rings is 1. The fourth-order valence-electron chi connectivity index (χ4n) is 5.76. The highest BCUT2D eigenvalue weighted by Crippen LogP contribution is 2.41. The van der Waals surface area contributed by atoms with Gasteiger partial charge in [-0.1, -0.05) is 23.6 Å². The molecule has 1 aromatic carbocycles. The standard InChI is InChI=1S/C19H15FN2O4.C14H13ClN6O5S/c1-2-7-21-15-9-14(13(20)8-16(15)26-10-17(21)23)22-18(24)11-5-3-4-6-12(11)19(22)25;1-25-9-7-10(26-2)18-13(17-9)19-14(22)20-27(23,24)12-11(15)16-8-5-3-4-6-21(8)12/h1,8-9H,3-7,10H2;3-7H,1-2H3,(H2,17,18,19,20,22). The van der Waals surface area contributed by atoms with Gasteiger partial charge in [-0.3, -0.25) is 29.0 Å². The lowest BCUT2D eigenvalue weighted by atomic mass is 9.93. The van der Waals surface area contributed by atoms with Gasteiger partial charge < -0.3 is 14.2 Å². The molecular weight excluding hydrogens is 739 g/mol. The van der Waals surface area contributed by atoms with E-state index < -0.39 is 33.7 Å². The number of hydrogen-bond acceptors (Lipinski definition) is 12. The summed E-state index contributed by atoms with van der Waals surface area (Å²) in [4.78, 5) is 63.4. The quantitative estimate of drug-likeness (QED) is 0.206. The van der Waals surface area contributed by atoms with Crippen molar-refractivity contribution in [3.63, 3.8) is 0 Å². The van der Waals surface area contributed by atoms with Crippen molar-refractivity contribution in [1.29, 1.82) is 0 Å². The zero-order chi connectivity index (χ0) is 38.0. The maximum Gasteiger partial charge on any atom is 0.335 e. The number of halogens is 2. The Kier molecular flexibility index (Phi) is 10.2. The first-order chi connectivity index (χ1) is 25.4. The molecule has 0 fully saturated rings. The van der Waals surface area contributed by atoms with Gasteiger partial charge in [-0.25, -0.2) is 23.8 Å². The number of rotatable bonds is 7. The second-order valence-electron chi connectivity index (χ2n) is 11.3. The second kappa shape index (κ2) is 14.8. The number of nitrogens with one attached hydrogen (secondary N) is 2. The number of methoxy groups -OCH3 is 2. The number of benzene rings is 1. The van der Waals surface area contributed by atoms with E-state index >= 15 is 0 Å². The summed E-state index contributed by atoms with van der Waals surface area (Å²) >= 11 is 5.93. The summed E-state index contributed by atoms with van der Waals surface area (Å²) in [5.74, 6) is 0.418. The van der Waals surface area contributed by atoms with Gasteiger partial charge in [0, 0.05) is 23.4 Å². The predicted octanol–water partition coefficient (Wildman–Crippen LogP) is 3.23. The van der Waals surface area contributed by atoms with Crippen molar-refractivity contribution in [3.8, 4) is 29.9 Å². The number of carbonyl (C=O) groups is 4. The van der Waals surface area contributed by atoms with Gasteiger partial charge in [0.25, 0.3) is 27.7 Å². The Morgan fingerprint density at radius 2 is 1.68 bits per heavy atom. The molecule has 7 rings (SSSR count). The molecule has 3 aliphatic rings. The molecule has 17 nitrogen and oxygen atoms in total.